The Morgan fingerprint density at radius 1 is 0.622 bits per heavy atom. The van der Waals surface area contributed by atoms with E-state index in [1.165, 1.54) is 26.2 Å². The van der Waals surface area contributed by atoms with Gasteiger partial charge in [-0.25, -0.2) is 10.0 Å². The summed E-state index contributed by atoms with van der Waals surface area (Å²) in [5.41, 5.74) is 0.973. The second-order valence-electron chi connectivity index (χ2n) is 9.11. The molecule has 0 unspecified atom stereocenters. The summed E-state index contributed by atoms with van der Waals surface area (Å²) in [5, 5.41) is 7.37. The van der Waals surface area contributed by atoms with E-state index in [1.807, 2.05) is 0 Å². The molecule has 8 amide bonds. The van der Waals surface area contributed by atoms with Crippen molar-refractivity contribution in [2.45, 2.75) is 20.3 Å². The molecule has 45 heavy (non-hydrogen) atoms. The Labute approximate surface area is 267 Å². The lowest BCUT2D eigenvalue weighted by Crippen LogP contribution is -2.51. The van der Waals surface area contributed by atoms with Gasteiger partial charge >= 0.3 is 10.5 Å². The van der Waals surface area contributed by atoms with E-state index in [0.717, 1.165) is 43.6 Å². The van der Waals surface area contributed by atoms with Gasteiger partial charge < -0.3 is 10.6 Å². The molecule has 2 aliphatic heterocycles. The third-order valence-corrected chi connectivity index (χ3v) is 7.88. The van der Waals surface area contributed by atoms with Gasteiger partial charge in [0.15, 0.2) is 0 Å². The first-order chi connectivity index (χ1) is 21.5. The number of rotatable bonds is 9. The van der Waals surface area contributed by atoms with Crippen LogP contribution in [0.15, 0.2) is 48.5 Å². The Morgan fingerprint density at radius 3 is 1.33 bits per heavy atom. The molecular weight excluding hydrogens is 624 g/mol. The van der Waals surface area contributed by atoms with Crippen LogP contribution in [0.1, 0.15) is 61.7 Å². The minimum absolute atomic E-state index is 0.0000798. The zero-order valence-electron chi connectivity index (χ0n) is 25.0. The van der Waals surface area contributed by atoms with Crippen molar-refractivity contribution in [1.29, 1.82) is 0 Å². The van der Waals surface area contributed by atoms with Crippen molar-refractivity contribution in [1.82, 2.24) is 30.7 Å². The summed E-state index contributed by atoms with van der Waals surface area (Å²) in [6.07, 6.45) is -0.0000798. The van der Waals surface area contributed by atoms with E-state index in [9.17, 15) is 38.4 Å². The number of hydrogen-bond donors (Lipinski definition) is 2. The number of benzene rings is 2. The van der Waals surface area contributed by atoms with Crippen molar-refractivity contribution in [2.75, 3.05) is 38.7 Å². The fourth-order valence-electron chi connectivity index (χ4n) is 4.22. The minimum atomic E-state index is -0.602. The number of fused-ring (bicyclic) bond motifs is 2. The molecule has 0 saturated heterocycles. The van der Waals surface area contributed by atoms with Gasteiger partial charge in [0.1, 0.15) is 6.54 Å². The zero-order chi connectivity index (χ0) is 33.3. The lowest BCUT2D eigenvalue weighted by atomic mass is 10.1. The Bertz CT molecular complexity index is 1460. The topological polar surface area (TPSA) is 174 Å². The third kappa shape index (κ3) is 7.69. The first kappa shape index (κ1) is 34.8. The SMILES string of the molecule is CCSC(=O)N(CC(=O)NC)N1C(=O)c2ccccc2C1=O.CCSC(=O)N(CCC(=O)NC)N1C(=O)c2ccccc2C1=O. The van der Waals surface area contributed by atoms with Crippen molar-refractivity contribution < 1.29 is 38.4 Å². The number of hydrogen-bond acceptors (Lipinski definition) is 10. The third-order valence-electron chi connectivity index (χ3n) is 6.39. The highest BCUT2D eigenvalue weighted by Gasteiger charge is 2.42. The molecule has 0 atom stereocenters. The fourth-order valence-corrected chi connectivity index (χ4v) is 5.34. The molecule has 2 aromatic rings. The van der Waals surface area contributed by atoms with Crippen LogP contribution in [0.5, 0.6) is 0 Å². The van der Waals surface area contributed by atoms with Crippen molar-refractivity contribution in [3.8, 4) is 0 Å². The summed E-state index contributed by atoms with van der Waals surface area (Å²) in [4.78, 5) is 97.3. The molecule has 0 saturated carbocycles. The predicted molar refractivity (Wildman–Crippen MR) is 167 cm³/mol. The monoisotopic (exact) mass is 656 g/mol. The molecule has 2 aromatic carbocycles. The maximum atomic E-state index is 12.5. The molecule has 0 radical (unpaired) electrons. The van der Waals surface area contributed by atoms with Crippen molar-refractivity contribution in [2.24, 2.45) is 0 Å². The van der Waals surface area contributed by atoms with Gasteiger partial charge in [0.25, 0.3) is 23.6 Å². The number of likely N-dealkylation sites (N-methyl/N-ethyl adjacent to an activating group) is 1. The number of nitrogens with zero attached hydrogens (tertiary/aromatic N) is 4. The summed E-state index contributed by atoms with van der Waals surface area (Å²) in [5.74, 6) is -2.09. The van der Waals surface area contributed by atoms with Crippen LogP contribution in [0.2, 0.25) is 0 Å². The number of thioether (sulfide) groups is 2. The summed E-state index contributed by atoms with van der Waals surface area (Å²) in [6, 6.07) is 12.7. The van der Waals surface area contributed by atoms with Crippen molar-refractivity contribution >= 4 is 69.4 Å². The van der Waals surface area contributed by atoms with Crippen LogP contribution in [-0.4, -0.2) is 105 Å². The molecule has 2 N–H and O–H groups in total. The van der Waals surface area contributed by atoms with Gasteiger partial charge in [0.2, 0.25) is 11.8 Å². The molecule has 4 rings (SSSR count). The van der Waals surface area contributed by atoms with Crippen LogP contribution in [0.4, 0.5) is 9.59 Å². The highest BCUT2D eigenvalue weighted by molar-refractivity contribution is 8.13. The van der Waals surface area contributed by atoms with Crippen LogP contribution >= 0.6 is 23.5 Å². The van der Waals surface area contributed by atoms with Crippen molar-refractivity contribution in [3.05, 3.63) is 70.8 Å². The zero-order valence-corrected chi connectivity index (χ0v) is 26.7. The molecule has 0 fully saturated rings. The van der Waals surface area contributed by atoms with Crippen LogP contribution in [0.3, 0.4) is 0 Å². The van der Waals surface area contributed by atoms with E-state index < -0.39 is 46.6 Å². The largest absolute Gasteiger partial charge is 0.359 e. The van der Waals surface area contributed by atoms with Gasteiger partial charge in [-0.15, -0.1) is 0 Å². The number of imide groups is 2. The van der Waals surface area contributed by atoms with Gasteiger partial charge in [0, 0.05) is 20.5 Å². The fraction of sp³-hybridized carbons (Fsp3) is 0.310. The van der Waals surface area contributed by atoms with Gasteiger partial charge in [0.05, 0.1) is 28.8 Å². The summed E-state index contributed by atoms with van der Waals surface area (Å²) < 4.78 is 0. The smallest absolute Gasteiger partial charge is 0.301 e. The van der Waals surface area contributed by atoms with E-state index in [4.69, 9.17) is 0 Å². The van der Waals surface area contributed by atoms with E-state index >= 15 is 0 Å². The highest BCUT2D eigenvalue weighted by atomic mass is 32.2. The normalized spacial score (nSPS) is 13.1. The average molecular weight is 657 g/mol. The summed E-state index contributed by atoms with van der Waals surface area (Å²) in [6.45, 7) is 3.12. The number of carbonyl (C=O) groups is 8. The van der Waals surface area contributed by atoms with E-state index in [1.54, 1.807) is 50.2 Å². The Kier molecular flexibility index (Phi) is 12.3. The molecule has 2 aliphatic rings. The van der Waals surface area contributed by atoms with Crippen LogP contribution in [0.25, 0.3) is 0 Å². The quantitative estimate of drug-likeness (QED) is 0.382. The van der Waals surface area contributed by atoms with Gasteiger partial charge in [-0.3, -0.25) is 38.4 Å². The average Bonchev–Trinajstić information content (AvgIpc) is 3.44. The Morgan fingerprint density at radius 2 is 0.978 bits per heavy atom. The second-order valence-corrected chi connectivity index (χ2v) is 11.5. The molecule has 0 aliphatic carbocycles. The minimum Gasteiger partial charge on any atom is -0.359 e. The van der Waals surface area contributed by atoms with Gasteiger partial charge in [-0.05, 0) is 35.8 Å². The standard InChI is InChI=1S/C15H17N3O4S.C14H15N3O4S/c1-3-23-15(22)17(9-8-12(19)16-2)18-13(20)10-6-4-5-7-11(10)14(18)21;1-3-22-14(21)16(8-11(18)15-2)17-12(19)9-6-4-5-7-10(9)13(17)20/h4-7H,3,8-9H2,1-2H3,(H,16,19);4-7H,3,8H2,1-2H3,(H,15,18). The Balaban J connectivity index is 0.000000246. The molecule has 0 bridgehead atoms. The molecule has 238 valence electrons. The number of amides is 8. The number of carbonyl (C=O) groups excluding carboxylic acids is 8. The van der Waals surface area contributed by atoms with E-state index in [0.29, 0.717) is 11.5 Å². The summed E-state index contributed by atoms with van der Waals surface area (Å²) >= 11 is 1.90. The lowest BCUT2D eigenvalue weighted by Gasteiger charge is -2.29. The Hall–Kier alpha value is -4.70. The van der Waals surface area contributed by atoms with Crippen LogP contribution < -0.4 is 10.6 Å². The second kappa shape index (κ2) is 15.9. The molecule has 16 heteroatoms. The molecule has 14 nitrogen and oxygen atoms in total. The highest BCUT2D eigenvalue weighted by Crippen LogP contribution is 2.27. The van der Waals surface area contributed by atoms with Crippen LogP contribution in [0, 0.1) is 0 Å². The molecule has 0 aromatic heterocycles. The van der Waals surface area contributed by atoms with Gasteiger partial charge in [-0.1, -0.05) is 61.6 Å². The predicted octanol–water partition coefficient (Wildman–Crippen LogP) is 2.63. The summed E-state index contributed by atoms with van der Waals surface area (Å²) in [7, 11) is 2.90. The lowest BCUT2D eigenvalue weighted by molar-refractivity contribution is -0.123. The number of nitrogens with one attached hydrogen (secondary N) is 2. The van der Waals surface area contributed by atoms with Gasteiger partial charge in [-0.2, -0.15) is 10.0 Å². The van der Waals surface area contributed by atoms with E-state index in [2.05, 4.69) is 10.6 Å². The molecular formula is C29H32N6O8S2. The maximum absolute atomic E-state index is 12.5. The van der Waals surface area contributed by atoms with E-state index in [-0.39, 0.29) is 41.1 Å². The van der Waals surface area contributed by atoms with Crippen LogP contribution in [-0.2, 0) is 9.59 Å². The maximum Gasteiger partial charge on any atom is 0.301 e. The molecule has 2 heterocycles. The first-order valence-electron chi connectivity index (χ1n) is 13.8. The first-order valence-corrected chi connectivity index (χ1v) is 15.7. The molecule has 0 spiro atoms. The number of hydrazine groups is 2. The van der Waals surface area contributed by atoms with Crippen molar-refractivity contribution in [3.63, 3.8) is 0 Å².